The molecule has 0 bridgehead atoms. The number of methoxy groups -OCH3 is 1. The summed E-state index contributed by atoms with van der Waals surface area (Å²) >= 11 is 12.9. The number of benzene rings is 1. The molecule has 1 aromatic rings. The molecule has 1 saturated heterocycles. The number of hydrogen-bond donors (Lipinski definition) is 3. The van der Waals surface area contributed by atoms with Crippen LogP contribution in [0.3, 0.4) is 0 Å². The van der Waals surface area contributed by atoms with Gasteiger partial charge in [-0.15, -0.1) is 0 Å². The minimum atomic E-state index is -4.60. The van der Waals surface area contributed by atoms with Gasteiger partial charge in [-0.3, -0.25) is 0 Å². The van der Waals surface area contributed by atoms with Crippen LogP contribution >= 0.6 is 35.0 Å². The summed E-state index contributed by atoms with van der Waals surface area (Å²) in [6.07, 6.45) is -2.82. The predicted molar refractivity (Wildman–Crippen MR) is 122 cm³/mol. The van der Waals surface area contributed by atoms with E-state index >= 15 is 0 Å². The van der Waals surface area contributed by atoms with Crippen molar-refractivity contribution in [3.63, 3.8) is 0 Å². The highest BCUT2D eigenvalue weighted by molar-refractivity contribution is 8.04. The zero-order valence-electron chi connectivity index (χ0n) is 17.4. The topological polar surface area (TPSA) is 60.9 Å². The van der Waals surface area contributed by atoms with Gasteiger partial charge in [-0.1, -0.05) is 41.0 Å². The van der Waals surface area contributed by atoms with Gasteiger partial charge in [0.1, 0.15) is 12.5 Å². The van der Waals surface area contributed by atoms with Gasteiger partial charge in [-0.2, -0.15) is 17.6 Å². The van der Waals surface area contributed by atoms with Crippen molar-refractivity contribution in [3.05, 3.63) is 51.0 Å². The van der Waals surface area contributed by atoms with Crippen LogP contribution < -0.4 is 16.0 Å². The van der Waals surface area contributed by atoms with Crippen LogP contribution in [-0.4, -0.2) is 48.5 Å². The maximum Gasteiger partial charge on any atom is 0.417 e. The Hall–Kier alpha value is -1.82. The molecule has 1 aromatic carbocycles. The molecular formula is C20H21Cl2F4N5OS. The molecule has 6 nitrogen and oxygen atoms in total. The van der Waals surface area contributed by atoms with Gasteiger partial charge in [0.2, 0.25) is 0 Å². The zero-order chi connectivity index (χ0) is 23.8. The summed E-state index contributed by atoms with van der Waals surface area (Å²) in [5.74, 6) is -0.676. The fourth-order valence-corrected chi connectivity index (χ4v) is 5.36. The van der Waals surface area contributed by atoms with Crippen LogP contribution in [0.2, 0.25) is 5.02 Å². The lowest BCUT2D eigenvalue weighted by molar-refractivity contribution is -0.137. The van der Waals surface area contributed by atoms with Crippen LogP contribution in [0.5, 0.6) is 0 Å². The Morgan fingerprint density at radius 3 is 2.82 bits per heavy atom. The molecule has 0 radical (unpaired) electrons. The first kappa shape index (κ1) is 24.3. The largest absolute Gasteiger partial charge is 0.417 e. The first-order valence-electron chi connectivity index (χ1n) is 10.1. The number of allylic oxidation sites excluding steroid dienone is 1. The first-order valence-corrected chi connectivity index (χ1v) is 11.7. The second-order valence-corrected chi connectivity index (χ2v) is 9.44. The molecule has 0 aromatic heterocycles. The summed E-state index contributed by atoms with van der Waals surface area (Å²) < 4.78 is 60.3. The minimum Gasteiger partial charge on any atom is -0.380 e. The Bertz CT molecular complexity index is 1020. The lowest BCUT2D eigenvalue weighted by atomic mass is 10.1. The second-order valence-electron chi connectivity index (χ2n) is 7.58. The van der Waals surface area contributed by atoms with Crippen LogP contribution in [0, 0.1) is 0 Å². The molecule has 1 unspecified atom stereocenters. The molecule has 0 saturated carbocycles. The van der Waals surface area contributed by atoms with Crippen molar-refractivity contribution in [1.29, 1.82) is 0 Å². The van der Waals surface area contributed by atoms with Gasteiger partial charge in [-0.25, -0.2) is 4.99 Å². The molecule has 13 heteroatoms. The number of hydrogen-bond acceptors (Lipinski definition) is 7. The lowest BCUT2D eigenvalue weighted by Gasteiger charge is -2.34. The predicted octanol–water partition coefficient (Wildman–Crippen LogP) is 4.64. The summed E-state index contributed by atoms with van der Waals surface area (Å²) in [5, 5.41) is 9.05. The Morgan fingerprint density at radius 2 is 2.09 bits per heavy atom. The van der Waals surface area contributed by atoms with Crippen molar-refractivity contribution in [2.45, 2.75) is 30.6 Å². The normalized spacial score (nSPS) is 24.0. The molecule has 3 aliphatic heterocycles. The highest BCUT2D eigenvalue weighted by atomic mass is 35.5. The number of likely N-dealkylation sites (tertiary alicyclic amines) is 1. The minimum absolute atomic E-state index is 0.00578. The van der Waals surface area contributed by atoms with E-state index in [-0.39, 0.29) is 28.8 Å². The monoisotopic (exact) mass is 525 g/mol. The number of halogens is 6. The van der Waals surface area contributed by atoms with Crippen molar-refractivity contribution < 1.29 is 22.3 Å². The van der Waals surface area contributed by atoms with Crippen LogP contribution in [0.25, 0.3) is 5.70 Å². The summed E-state index contributed by atoms with van der Waals surface area (Å²) in [4.78, 5) is 5.84. The van der Waals surface area contributed by atoms with Gasteiger partial charge in [0.25, 0.3) is 0 Å². The Morgan fingerprint density at radius 1 is 1.30 bits per heavy atom. The smallest absolute Gasteiger partial charge is 0.380 e. The summed E-state index contributed by atoms with van der Waals surface area (Å²) in [6, 6.07) is 3.78. The third kappa shape index (κ3) is 5.31. The highest BCUT2D eigenvalue weighted by Gasteiger charge is 2.36. The van der Waals surface area contributed by atoms with Gasteiger partial charge in [0.05, 0.1) is 27.4 Å². The number of nitrogens with one attached hydrogen (secondary N) is 3. The summed E-state index contributed by atoms with van der Waals surface area (Å²) in [7, 11) is 1.64. The first-order chi connectivity index (χ1) is 15.7. The van der Waals surface area contributed by atoms with Gasteiger partial charge >= 0.3 is 6.18 Å². The standard InChI is InChI=1S/C20H21Cl2F4N5OS/c1-32-11-3-2-6-31(8-11)18-15(10-4-5-13(21)12(7-10)20(24,25)26)29-19(33-18)30-17-14(23)16(22)27-9-28-17/h4-5,7,11,19,28-30H,2-3,6,8-9H2,1H3/t11-,19?/m0/s1. The molecule has 180 valence electrons. The molecule has 0 amide bonds. The summed E-state index contributed by atoms with van der Waals surface area (Å²) in [5.41, 5.74) is -0.675. The number of rotatable bonds is 5. The van der Waals surface area contributed by atoms with Crippen molar-refractivity contribution in [2.24, 2.45) is 4.99 Å². The summed E-state index contributed by atoms with van der Waals surface area (Å²) in [6.45, 7) is 1.41. The number of nitrogens with zero attached hydrogens (tertiary/aromatic N) is 2. The van der Waals surface area contributed by atoms with E-state index in [1.54, 1.807) is 7.11 Å². The fraction of sp³-hybridized carbons (Fsp3) is 0.450. The zero-order valence-corrected chi connectivity index (χ0v) is 19.7. The number of ether oxygens (including phenoxy) is 1. The van der Waals surface area contributed by atoms with E-state index in [1.807, 2.05) is 0 Å². The number of piperidine rings is 1. The number of aliphatic imine (C=N–C) groups is 1. The van der Waals surface area contributed by atoms with E-state index in [4.69, 9.17) is 27.9 Å². The average molecular weight is 526 g/mol. The quantitative estimate of drug-likeness (QED) is 0.487. The lowest BCUT2D eigenvalue weighted by Crippen LogP contribution is -2.41. The van der Waals surface area contributed by atoms with Crippen LogP contribution in [0.1, 0.15) is 24.0 Å². The second kappa shape index (κ2) is 9.81. The van der Waals surface area contributed by atoms with E-state index in [0.29, 0.717) is 24.4 Å². The van der Waals surface area contributed by atoms with Crippen LogP contribution in [0.4, 0.5) is 17.6 Å². The van der Waals surface area contributed by atoms with Crippen molar-refractivity contribution >= 4 is 45.8 Å². The molecule has 3 aliphatic rings. The molecule has 3 N–H and O–H groups in total. The Labute approximate surface area is 202 Å². The van der Waals surface area contributed by atoms with Crippen LogP contribution in [0.15, 0.2) is 39.9 Å². The van der Waals surface area contributed by atoms with Gasteiger partial charge < -0.3 is 25.6 Å². The van der Waals surface area contributed by atoms with E-state index in [0.717, 1.165) is 23.9 Å². The van der Waals surface area contributed by atoms with Crippen molar-refractivity contribution in [2.75, 3.05) is 26.9 Å². The molecule has 1 fully saturated rings. The molecular weight excluding hydrogens is 505 g/mol. The Kier molecular flexibility index (Phi) is 7.23. The Balaban J connectivity index is 1.67. The van der Waals surface area contributed by atoms with Gasteiger partial charge in [-0.05, 0) is 25.0 Å². The highest BCUT2D eigenvalue weighted by Crippen LogP contribution is 2.41. The van der Waals surface area contributed by atoms with E-state index in [1.165, 1.54) is 23.9 Å². The average Bonchev–Trinajstić information content (AvgIpc) is 3.20. The van der Waals surface area contributed by atoms with E-state index < -0.39 is 23.1 Å². The van der Waals surface area contributed by atoms with Crippen LogP contribution in [-0.2, 0) is 10.9 Å². The third-order valence-electron chi connectivity index (χ3n) is 5.43. The number of alkyl halides is 3. The SMILES string of the molecule is CO[C@H]1CCCN(C2=C(c3ccc(Cl)c(C(F)(F)F)c3)NC(NC3=C(F)C(Cl)=NCN3)S2)C1. The van der Waals surface area contributed by atoms with Gasteiger partial charge in [0, 0.05) is 25.8 Å². The third-order valence-corrected chi connectivity index (χ3v) is 7.20. The fourth-order valence-electron chi connectivity index (χ4n) is 3.79. The molecule has 0 spiro atoms. The maximum absolute atomic E-state index is 14.4. The van der Waals surface area contributed by atoms with E-state index in [9.17, 15) is 17.6 Å². The molecule has 4 rings (SSSR count). The van der Waals surface area contributed by atoms with E-state index in [2.05, 4.69) is 25.8 Å². The van der Waals surface area contributed by atoms with Crippen molar-refractivity contribution in [1.82, 2.24) is 20.9 Å². The molecule has 0 aliphatic carbocycles. The molecule has 33 heavy (non-hydrogen) atoms. The molecule has 2 atom stereocenters. The van der Waals surface area contributed by atoms with Crippen molar-refractivity contribution in [3.8, 4) is 0 Å². The molecule has 3 heterocycles. The maximum atomic E-state index is 14.4. The number of thioether (sulfide) groups is 1. The van der Waals surface area contributed by atoms with Gasteiger partial charge in [0.15, 0.2) is 16.5 Å².